The molecule has 1 atom stereocenters. The van der Waals surface area contributed by atoms with Crippen molar-refractivity contribution in [2.24, 2.45) is 11.7 Å². The summed E-state index contributed by atoms with van der Waals surface area (Å²) in [5.74, 6) is -1.15. The van der Waals surface area contributed by atoms with Crippen molar-refractivity contribution in [3.63, 3.8) is 0 Å². The SMILES string of the molecule is C=C(N)[C@H](C#N)C(=O)CSc1nnc(Nc2ccccc2C)s1. The molecule has 1 aromatic heterocycles. The zero-order valence-corrected chi connectivity index (χ0v) is 14.1. The fourth-order valence-corrected chi connectivity index (χ4v) is 3.39. The van der Waals surface area contributed by atoms with Crippen molar-refractivity contribution < 1.29 is 4.79 Å². The number of nitrogens with one attached hydrogen (secondary N) is 1. The van der Waals surface area contributed by atoms with Crippen molar-refractivity contribution in [3.8, 4) is 6.07 Å². The Kier molecular flexibility index (Phi) is 5.73. The van der Waals surface area contributed by atoms with E-state index in [1.807, 2.05) is 37.3 Å². The minimum Gasteiger partial charge on any atom is -0.401 e. The lowest BCUT2D eigenvalue weighted by molar-refractivity contribution is -0.117. The molecule has 118 valence electrons. The number of aromatic nitrogens is 2. The highest BCUT2D eigenvalue weighted by Gasteiger charge is 2.20. The average Bonchev–Trinajstić information content (AvgIpc) is 2.95. The number of hydrogen-bond acceptors (Lipinski definition) is 8. The third-order valence-electron chi connectivity index (χ3n) is 2.95. The number of ketones is 1. The fraction of sp³-hybridized carbons (Fsp3) is 0.200. The minimum atomic E-state index is -0.972. The van der Waals surface area contributed by atoms with Gasteiger partial charge in [0.2, 0.25) is 5.13 Å². The van der Waals surface area contributed by atoms with Crippen LogP contribution in [0.25, 0.3) is 0 Å². The molecular weight excluding hydrogens is 330 g/mol. The van der Waals surface area contributed by atoms with Crippen molar-refractivity contribution in [2.75, 3.05) is 11.1 Å². The maximum atomic E-state index is 11.9. The molecule has 0 bridgehead atoms. The number of Topliss-reactive ketones (excluding diaryl/α,β-unsaturated/α-hetero) is 1. The van der Waals surface area contributed by atoms with Gasteiger partial charge in [-0.15, -0.1) is 10.2 Å². The number of nitriles is 1. The maximum absolute atomic E-state index is 11.9. The highest BCUT2D eigenvalue weighted by Crippen LogP contribution is 2.29. The van der Waals surface area contributed by atoms with Gasteiger partial charge in [0.1, 0.15) is 5.92 Å². The van der Waals surface area contributed by atoms with E-state index in [0.29, 0.717) is 9.47 Å². The normalized spacial score (nSPS) is 11.5. The molecule has 0 saturated heterocycles. The molecule has 0 saturated carbocycles. The van der Waals surface area contributed by atoms with Gasteiger partial charge in [-0.3, -0.25) is 4.79 Å². The van der Waals surface area contributed by atoms with E-state index >= 15 is 0 Å². The van der Waals surface area contributed by atoms with Crippen molar-refractivity contribution in [2.45, 2.75) is 11.3 Å². The molecule has 3 N–H and O–H groups in total. The Balaban J connectivity index is 1.95. The number of benzene rings is 1. The number of rotatable bonds is 7. The first-order valence-corrected chi connectivity index (χ1v) is 8.47. The highest BCUT2D eigenvalue weighted by molar-refractivity contribution is 8.01. The predicted octanol–water partition coefficient (Wildman–Crippen LogP) is 2.86. The third kappa shape index (κ3) is 4.55. The molecule has 0 amide bonds. The van der Waals surface area contributed by atoms with Gasteiger partial charge in [0.25, 0.3) is 0 Å². The number of nitrogens with two attached hydrogens (primary N) is 1. The monoisotopic (exact) mass is 345 g/mol. The molecule has 2 rings (SSSR count). The third-order valence-corrected chi connectivity index (χ3v) is 4.95. The molecule has 1 heterocycles. The molecule has 8 heteroatoms. The number of carbonyl (C=O) groups is 1. The predicted molar refractivity (Wildman–Crippen MR) is 92.5 cm³/mol. The molecule has 23 heavy (non-hydrogen) atoms. The maximum Gasteiger partial charge on any atom is 0.210 e. The number of allylic oxidation sites excluding steroid dienone is 1. The van der Waals surface area contributed by atoms with Gasteiger partial charge in [-0.2, -0.15) is 5.26 Å². The molecule has 0 aliphatic carbocycles. The van der Waals surface area contributed by atoms with Gasteiger partial charge in [0.05, 0.1) is 11.8 Å². The van der Waals surface area contributed by atoms with Crippen molar-refractivity contribution in [1.82, 2.24) is 10.2 Å². The second kappa shape index (κ2) is 7.76. The van der Waals surface area contributed by atoms with E-state index in [-0.39, 0.29) is 17.2 Å². The van der Waals surface area contributed by atoms with Crippen LogP contribution in [0.3, 0.4) is 0 Å². The van der Waals surface area contributed by atoms with Crippen LogP contribution in [-0.4, -0.2) is 21.7 Å². The summed E-state index contributed by atoms with van der Waals surface area (Å²) in [5, 5.41) is 20.8. The lowest BCUT2D eigenvalue weighted by Gasteiger charge is -2.05. The quantitative estimate of drug-likeness (QED) is 0.743. The summed E-state index contributed by atoms with van der Waals surface area (Å²) < 4.78 is 0.647. The Morgan fingerprint density at radius 3 is 2.91 bits per heavy atom. The van der Waals surface area contributed by atoms with Crippen molar-refractivity contribution in [3.05, 3.63) is 42.1 Å². The van der Waals surface area contributed by atoms with E-state index in [1.165, 1.54) is 23.1 Å². The topological polar surface area (TPSA) is 105 Å². The number of carbonyl (C=O) groups excluding carboxylic acids is 1. The smallest absolute Gasteiger partial charge is 0.210 e. The number of aryl methyl sites for hydroxylation is 1. The Bertz CT molecular complexity index is 765. The first-order chi connectivity index (χ1) is 11.0. The van der Waals surface area contributed by atoms with Gasteiger partial charge in [-0.25, -0.2) is 0 Å². The number of nitrogens with zero attached hydrogens (tertiary/aromatic N) is 3. The summed E-state index contributed by atoms with van der Waals surface area (Å²) in [6, 6.07) is 9.70. The second-order valence-corrected chi connectivity index (χ2v) is 6.91. The summed E-state index contributed by atoms with van der Waals surface area (Å²) >= 11 is 2.58. The highest BCUT2D eigenvalue weighted by atomic mass is 32.2. The van der Waals surface area contributed by atoms with Crippen LogP contribution in [-0.2, 0) is 4.79 Å². The van der Waals surface area contributed by atoms with Crippen LogP contribution in [0.1, 0.15) is 5.56 Å². The Hall–Kier alpha value is -2.37. The standard InChI is InChI=1S/C15H15N5OS2/c1-9-5-3-4-6-12(9)18-14-19-20-15(23-14)22-8-13(21)11(7-16)10(2)17/h3-6,11H,2,8,17H2,1H3,(H,18,19)/t11-/m0/s1. The number of para-hydroxylation sites is 1. The van der Waals surface area contributed by atoms with Crippen LogP contribution in [0.5, 0.6) is 0 Å². The molecule has 0 radical (unpaired) electrons. The summed E-state index contributed by atoms with van der Waals surface area (Å²) in [7, 11) is 0. The van der Waals surface area contributed by atoms with Gasteiger partial charge >= 0.3 is 0 Å². The lowest BCUT2D eigenvalue weighted by Crippen LogP contribution is -2.21. The molecule has 0 fully saturated rings. The Labute approximate surface area is 142 Å². The molecule has 2 aromatic rings. The average molecular weight is 345 g/mol. The van der Waals surface area contributed by atoms with Crippen LogP contribution in [0.15, 0.2) is 40.9 Å². The van der Waals surface area contributed by atoms with Crippen LogP contribution >= 0.6 is 23.1 Å². The van der Waals surface area contributed by atoms with Crippen molar-refractivity contribution >= 4 is 39.7 Å². The zero-order valence-electron chi connectivity index (χ0n) is 12.4. The molecule has 0 unspecified atom stereocenters. The van der Waals surface area contributed by atoms with Crippen LogP contribution in [0, 0.1) is 24.2 Å². The summed E-state index contributed by atoms with van der Waals surface area (Å²) in [4.78, 5) is 11.9. The van der Waals surface area contributed by atoms with Crippen molar-refractivity contribution in [1.29, 1.82) is 5.26 Å². The summed E-state index contributed by atoms with van der Waals surface area (Å²) in [6.07, 6.45) is 0. The summed E-state index contributed by atoms with van der Waals surface area (Å²) in [6.45, 7) is 5.45. The molecule has 0 aliphatic rings. The van der Waals surface area contributed by atoms with Gasteiger partial charge in [0, 0.05) is 11.4 Å². The van der Waals surface area contributed by atoms with Gasteiger partial charge < -0.3 is 11.1 Å². The van der Waals surface area contributed by atoms with Gasteiger partial charge in [-0.05, 0) is 18.6 Å². The first kappa shape index (κ1) is 17.0. The molecule has 6 nitrogen and oxygen atoms in total. The van der Waals surface area contributed by atoms with E-state index in [2.05, 4.69) is 22.1 Å². The molecule has 0 aliphatic heterocycles. The van der Waals surface area contributed by atoms with Crippen LogP contribution < -0.4 is 11.1 Å². The minimum absolute atomic E-state index is 0.0669. The largest absolute Gasteiger partial charge is 0.401 e. The van der Waals surface area contributed by atoms with E-state index in [4.69, 9.17) is 11.0 Å². The Morgan fingerprint density at radius 1 is 1.52 bits per heavy atom. The van der Waals surface area contributed by atoms with Crippen LogP contribution in [0.4, 0.5) is 10.8 Å². The second-order valence-electron chi connectivity index (χ2n) is 4.71. The lowest BCUT2D eigenvalue weighted by atomic mass is 10.1. The first-order valence-electron chi connectivity index (χ1n) is 6.67. The molecule has 0 spiro atoms. The summed E-state index contributed by atoms with van der Waals surface area (Å²) in [5.41, 5.74) is 7.57. The Morgan fingerprint density at radius 2 is 2.26 bits per heavy atom. The molecule has 1 aromatic carbocycles. The van der Waals surface area contributed by atoms with E-state index in [9.17, 15) is 4.79 Å². The van der Waals surface area contributed by atoms with E-state index in [1.54, 1.807) is 0 Å². The number of hydrogen-bond donors (Lipinski definition) is 2. The van der Waals surface area contributed by atoms with Gasteiger partial charge in [0.15, 0.2) is 10.1 Å². The molecular formula is C15H15N5OS2. The van der Waals surface area contributed by atoms with Crippen LogP contribution in [0.2, 0.25) is 0 Å². The van der Waals surface area contributed by atoms with E-state index in [0.717, 1.165) is 11.3 Å². The van der Waals surface area contributed by atoms with E-state index < -0.39 is 5.92 Å². The van der Waals surface area contributed by atoms with Gasteiger partial charge in [-0.1, -0.05) is 47.9 Å². The number of anilines is 2. The number of thioether (sulfide) groups is 1. The zero-order chi connectivity index (χ0) is 16.8. The fourth-order valence-electron chi connectivity index (χ4n) is 1.72.